The van der Waals surface area contributed by atoms with Crippen molar-refractivity contribution in [2.75, 3.05) is 6.54 Å². The van der Waals surface area contributed by atoms with Crippen LogP contribution in [-0.4, -0.2) is 28.4 Å². The predicted molar refractivity (Wildman–Crippen MR) is 93.3 cm³/mol. The molecule has 132 valence electrons. The first-order valence-electron chi connectivity index (χ1n) is 8.69. The Morgan fingerprint density at radius 3 is 2.64 bits per heavy atom. The summed E-state index contributed by atoms with van der Waals surface area (Å²) < 4.78 is 5.55. The summed E-state index contributed by atoms with van der Waals surface area (Å²) >= 11 is 0. The van der Waals surface area contributed by atoms with Crippen LogP contribution in [0.5, 0.6) is 0 Å². The van der Waals surface area contributed by atoms with Gasteiger partial charge in [0.15, 0.2) is 0 Å². The van der Waals surface area contributed by atoms with Gasteiger partial charge in [-0.05, 0) is 55.0 Å². The van der Waals surface area contributed by atoms with Gasteiger partial charge in [0.25, 0.3) is 0 Å². The number of aryl methyl sites for hydroxylation is 1. The maximum absolute atomic E-state index is 12.7. The molecule has 1 fully saturated rings. The number of rotatable bonds is 5. The number of hydrogen-bond acceptors (Lipinski definition) is 3. The van der Waals surface area contributed by atoms with E-state index in [2.05, 4.69) is 6.92 Å². The van der Waals surface area contributed by atoms with Gasteiger partial charge >= 0.3 is 5.97 Å². The molecule has 5 nitrogen and oxygen atoms in total. The molecule has 2 atom stereocenters. The number of aromatic carboxylic acids is 1. The zero-order chi connectivity index (χ0) is 17.8. The lowest BCUT2D eigenvalue weighted by Gasteiger charge is -2.37. The van der Waals surface area contributed by atoms with Crippen LogP contribution < -0.4 is 0 Å². The van der Waals surface area contributed by atoms with Gasteiger partial charge in [-0.2, -0.15) is 0 Å². The molecule has 1 aromatic carbocycles. The van der Waals surface area contributed by atoms with E-state index >= 15 is 0 Å². The van der Waals surface area contributed by atoms with E-state index in [4.69, 9.17) is 9.52 Å². The van der Waals surface area contributed by atoms with Crippen LogP contribution in [0.1, 0.15) is 53.9 Å². The Bertz CT molecular complexity index is 721. The lowest BCUT2D eigenvalue weighted by Crippen LogP contribution is -2.40. The number of hydrogen-bond donors (Lipinski definition) is 1. The van der Waals surface area contributed by atoms with Crippen molar-refractivity contribution < 1.29 is 19.1 Å². The fourth-order valence-electron chi connectivity index (χ4n) is 3.40. The van der Waals surface area contributed by atoms with Crippen LogP contribution in [0.15, 0.2) is 47.1 Å². The third-order valence-electron chi connectivity index (χ3n) is 4.89. The van der Waals surface area contributed by atoms with Gasteiger partial charge in [-0.3, -0.25) is 4.79 Å². The molecular formula is C20H23NO4. The maximum Gasteiger partial charge on any atom is 0.335 e. The van der Waals surface area contributed by atoms with E-state index in [1.807, 2.05) is 17.0 Å². The van der Waals surface area contributed by atoms with Gasteiger partial charge in [-0.1, -0.05) is 19.1 Å². The molecule has 1 aliphatic rings. The highest BCUT2D eigenvalue weighted by molar-refractivity contribution is 5.87. The fraction of sp³-hybridized carbons (Fsp3) is 0.400. The molecule has 0 saturated carbocycles. The summed E-state index contributed by atoms with van der Waals surface area (Å²) in [6.07, 6.45) is 4.61. The van der Waals surface area contributed by atoms with Crippen molar-refractivity contribution in [3.63, 3.8) is 0 Å². The molecule has 0 aliphatic carbocycles. The molecule has 3 rings (SSSR count). The summed E-state index contributed by atoms with van der Waals surface area (Å²) in [6.45, 7) is 2.96. The number of nitrogens with zero attached hydrogens (tertiary/aromatic N) is 1. The number of carboxylic acid groups (broad SMARTS) is 1. The Labute approximate surface area is 147 Å². The van der Waals surface area contributed by atoms with Gasteiger partial charge in [0, 0.05) is 13.0 Å². The van der Waals surface area contributed by atoms with Crippen molar-refractivity contribution in [1.29, 1.82) is 0 Å². The summed E-state index contributed by atoms with van der Waals surface area (Å²) in [4.78, 5) is 25.6. The van der Waals surface area contributed by atoms with Crippen molar-refractivity contribution in [1.82, 2.24) is 4.90 Å². The predicted octanol–water partition coefficient (Wildman–Crippen LogP) is 3.91. The minimum absolute atomic E-state index is 0.0145. The zero-order valence-corrected chi connectivity index (χ0v) is 14.4. The third-order valence-corrected chi connectivity index (χ3v) is 4.89. The van der Waals surface area contributed by atoms with E-state index in [1.165, 1.54) is 0 Å². The average Bonchev–Trinajstić information content (AvgIpc) is 3.14. The molecule has 0 spiro atoms. The van der Waals surface area contributed by atoms with E-state index < -0.39 is 5.97 Å². The van der Waals surface area contributed by atoms with Gasteiger partial charge in [-0.25, -0.2) is 4.79 Å². The minimum Gasteiger partial charge on any atom is -0.478 e. The van der Waals surface area contributed by atoms with E-state index in [0.29, 0.717) is 18.8 Å². The van der Waals surface area contributed by atoms with Gasteiger partial charge in [-0.15, -0.1) is 0 Å². The van der Waals surface area contributed by atoms with E-state index in [-0.39, 0.29) is 17.5 Å². The molecule has 2 aromatic rings. The zero-order valence-electron chi connectivity index (χ0n) is 14.4. The standard InChI is InChI=1S/C20H23NO4/c1-14-10-11-21(17(13-14)18-3-2-12-25-18)19(22)9-6-15-4-7-16(8-5-15)20(23)24/h2-5,7-8,12,14,17H,6,9-11,13H2,1H3,(H,23,24). The molecule has 2 unspecified atom stereocenters. The number of carbonyl (C=O) groups excluding carboxylic acids is 1. The molecule has 1 amide bonds. The summed E-state index contributed by atoms with van der Waals surface area (Å²) in [7, 11) is 0. The smallest absolute Gasteiger partial charge is 0.335 e. The van der Waals surface area contributed by atoms with Crippen molar-refractivity contribution >= 4 is 11.9 Å². The molecule has 1 aromatic heterocycles. The van der Waals surface area contributed by atoms with Gasteiger partial charge in [0.05, 0.1) is 17.9 Å². The first-order valence-corrected chi connectivity index (χ1v) is 8.69. The SMILES string of the molecule is CC1CCN(C(=O)CCc2ccc(C(=O)O)cc2)C(c2ccco2)C1. The Kier molecular flexibility index (Phi) is 5.22. The van der Waals surface area contributed by atoms with Crippen LogP contribution in [0.4, 0.5) is 0 Å². The van der Waals surface area contributed by atoms with Crippen LogP contribution in [0.2, 0.25) is 0 Å². The summed E-state index contributed by atoms with van der Waals surface area (Å²) in [5.74, 6) is 0.607. The average molecular weight is 341 g/mol. The largest absolute Gasteiger partial charge is 0.478 e. The van der Waals surface area contributed by atoms with Gasteiger partial charge in [0.2, 0.25) is 5.91 Å². The minimum atomic E-state index is -0.939. The van der Waals surface area contributed by atoms with Gasteiger partial charge in [0.1, 0.15) is 5.76 Å². The van der Waals surface area contributed by atoms with Crippen molar-refractivity contribution in [2.45, 2.75) is 38.6 Å². The Hall–Kier alpha value is -2.56. The monoisotopic (exact) mass is 341 g/mol. The molecule has 1 N–H and O–H groups in total. The van der Waals surface area contributed by atoms with Crippen LogP contribution in [0.25, 0.3) is 0 Å². The fourth-order valence-corrected chi connectivity index (χ4v) is 3.40. The first-order chi connectivity index (χ1) is 12.0. The van der Waals surface area contributed by atoms with Crippen molar-refractivity contribution in [3.05, 3.63) is 59.5 Å². The molecule has 5 heteroatoms. The second-order valence-electron chi connectivity index (χ2n) is 6.75. The van der Waals surface area contributed by atoms with E-state index in [9.17, 15) is 9.59 Å². The molecule has 0 bridgehead atoms. The highest BCUT2D eigenvalue weighted by atomic mass is 16.4. The highest BCUT2D eigenvalue weighted by Crippen LogP contribution is 2.34. The van der Waals surface area contributed by atoms with Crippen LogP contribution in [0, 0.1) is 5.92 Å². The molecule has 0 radical (unpaired) electrons. The van der Waals surface area contributed by atoms with Crippen LogP contribution in [-0.2, 0) is 11.2 Å². The van der Waals surface area contributed by atoms with E-state index in [0.717, 1.165) is 30.7 Å². The third kappa shape index (κ3) is 4.10. The van der Waals surface area contributed by atoms with E-state index in [1.54, 1.807) is 30.5 Å². The first kappa shape index (κ1) is 17.3. The van der Waals surface area contributed by atoms with Gasteiger partial charge < -0.3 is 14.4 Å². The second kappa shape index (κ2) is 7.55. The highest BCUT2D eigenvalue weighted by Gasteiger charge is 2.32. The van der Waals surface area contributed by atoms with Crippen molar-refractivity contribution in [2.24, 2.45) is 5.92 Å². The number of furan rings is 1. The molecule has 1 aliphatic heterocycles. The normalized spacial score (nSPS) is 20.4. The van der Waals surface area contributed by atoms with Crippen LogP contribution >= 0.6 is 0 Å². The molecular weight excluding hydrogens is 318 g/mol. The maximum atomic E-state index is 12.7. The number of carbonyl (C=O) groups is 2. The number of piperidine rings is 1. The molecule has 25 heavy (non-hydrogen) atoms. The molecule has 2 heterocycles. The Balaban J connectivity index is 1.64. The topological polar surface area (TPSA) is 70.8 Å². The lowest BCUT2D eigenvalue weighted by molar-refractivity contribution is -0.136. The lowest BCUT2D eigenvalue weighted by atomic mass is 9.90. The quantitative estimate of drug-likeness (QED) is 0.895. The Morgan fingerprint density at radius 2 is 2.00 bits per heavy atom. The van der Waals surface area contributed by atoms with Crippen molar-refractivity contribution in [3.8, 4) is 0 Å². The number of likely N-dealkylation sites (tertiary alicyclic amines) is 1. The molecule has 1 saturated heterocycles. The van der Waals surface area contributed by atoms with Crippen LogP contribution in [0.3, 0.4) is 0 Å². The number of amides is 1. The number of benzene rings is 1. The Morgan fingerprint density at radius 1 is 1.24 bits per heavy atom. The second-order valence-corrected chi connectivity index (χ2v) is 6.75. The summed E-state index contributed by atoms with van der Waals surface area (Å²) in [5.41, 5.74) is 1.23. The summed E-state index contributed by atoms with van der Waals surface area (Å²) in [5, 5.41) is 8.94. The summed E-state index contributed by atoms with van der Waals surface area (Å²) in [6, 6.07) is 10.5. The number of carboxylic acids is 1.